The first-order valence-corrected chi connectivity index (χ1v) is 6.72. The highest BCUT2D eigenvalue weighted by molar-refractivity contribution is 6.34. The molecule has 0 saturated carbocycles. The Hall–Kier alpha value is -1.80. The van der Waals surface area contributed by atoms with Crippen molar-refractivity contribution in [2.75, 3.05) is 0 Å². The number of rotatable bonds is 3. The van der Waals surface area contributed by atoms with Crippen molar-refractivity contribution in [1.29, 1.82) is 0 Å². The van der Waals surface area contributed by atoms with E-state index in [1.807, 2.05) is 42.5 Å². The van der Waals surface area contributed by atoms with Crippen LogP contribution in [0.2, 0.25) is 5.02 Å². The highest BCUT2D eigenvalue weighted by atomic mass is 35.5. The molecule has 1 aliphatic heterocycles. The molecule has 0 N–H and O–H groups in total. The average molecular weight is 272 g/mol. The Balaban J connectivity index is 1.69. The molecule has 1 atom stereocenters. The van der Waals surface area contributed by atoms with Gasteiger partial charge in [-0.2, -0.15) is 0 Å². The Morgan fingerprint density at radius 1 is 1.05 bits per heavy atom. The van der Waals surface area contributed by atoms with Gasteiger partial charge in [0.1, 0.15) is 6.10 Å². The van der Waals surface area contributed by atoms with Crippen molar-refractivity contribution in [3.8, 4) is 0 Å². The van der Waals surface area contributed by atoms with Crippen molar-refractivity contribution in [2.45, 2.75) is 18.9 Å². The quantitative estimate of drug-likeness (QED) is 0.824. The molecular formula is C16H14ClNO. The molecule has 0 aliphatic carbocycles. The highest BCUT2D eigenvalue weighted by Crippen LogP contribution is 2.24. The number of oxime groups is 1. The first-order chi connectivity index (χ1) is 9.33. The summed E-state index contributed by atoms with van der Waals surface area (Å²) in [7, 11) is 0. The van der Waals surface area contributed by atoms with Crippen LogP contribution in [0.3, 0.4) is 0 Å². The summed E-state index contributed by atoms with van der Waals surface area (Å²) in [5.41, 5.74) is 3.18. The lowest BCUT2D eigenvalue weighted by Gasteiger charge is -2.07. The van der Waals surface area contributed by atoms with Gasteiger partial charge in [-0.15, -0.1) is 0 Å². The largest absolute Gasteiger partial charge is 0.391 e. The molecule has 1 aliphatic rings. The van der Waals surface area contributed by atoms with Gasteiger partial charge in [0.15, 0.2) is 0 Å². The van der Waals surface area contributed by atoms with Crippen molar-refractivity contribution in [3.63, 3.8) is 0 Å². The Labute approximate surface area is 117 Å². The molecular weight excluding hydrogens is 258 g/mol. The zero-order valence-electron chi connectivity index (χ0n) is 10.4. The lowest BCUT2D eigenvalue weighted by atomic mass is 10.0. The van der Waals surface area contributed by atoms with Gasteiger partial charge in [-0.3, -0.25) is 0 Å². The van der Waals surface area contributed by atoms with Crippen molar-refractivity contribution >= 4 is 17.3 Å². The van der Waals surface area contributed by atoms with Crippen LogP contribution in [0.25, 0.3) is 0 Å². The fourth-order valence-corrected chi connectivity index (χ4v) is 2.51. The molecule has 0 saturated heterocycles. The predicted octanol–water partition coefficient (Wildman–Crippen LogP) is 4.08. The SMILES string of the molecule is Clc1ccccc1C1=NOC(Cc2ccccc2)C1. The fraction of sp³-hybridized carbons (Fsp3) is 0.188. The first kappa shape index (κ1) is 12.2. The fourth-order valence-electron chi connectivity index (χ4n) is 2.27. The standard InChI is InChI=1S/C16H14ClNO/c17-15-9-5-4-8-14(15)16-11-13(19-18-16)10-12-6-2-1-3-7-12/h1-9,13H,10-11H2. The van der Waals surface area contributed by atoms with Crippen molar-refractivity contribution < 1.29 is 4.84 Å². The van der Waals surface area contributed by atoms with Crippen LogP contribution in [0, 0.1) is 0 Å². The molecule has 3 heteroatoms. The van der Waals surface area contributed by atoms with Crippen molar-refractivity contribution in [3.05, 3.63) is 70.7 Å². The van der Waals surface area contributed by atoms with E-state index in [1.165, 1.54) is 5.56 Å². The van der Waals surface area contributed by atoms with Gasteiger partial charge in [-0.1, -0.05) is 65.3 Å². The lowest BCUT2D eigenvalue weighted by Crippen LogP contribution is -2.11. The minimum Gasteiger partial charge on any atom is -0.391 e. The molecule has 0 fully saturated rings. The van der Waals surface area contributed by atoms with Gasteiger partial charge < -0.3 is 4.84 Å². The third-order valence-electron chi connectivity index (χ3n) is 3.22. The van der Waals surface area contributed by atoms with Gasteiger partial charge in [0.05, 0.1) is 5.71 Å². The third-order valence-corrected chi connectivity index (χ3v) is 3.55. The molecule has 0 aromatic heterocycles. The third kappa shape index (κ3) is 2.79. The normalized spacial score (nSPS) is 17.9. The van der Waals surface area contributed by atoms with Gasteiger partial charge in [-0.05, 0) is 11.6 Å². The molecule has 0 amide bonds. The molecule has 1 unspecified atom stereocenters. The average Bonchev–Trinajstić information content (AvgIpc) is 2.89. The lowest BCUT2D eigenvalue weighted by molar-refractivity contribution is 0.0859. The molecule has 3 rings (SSSR count). The van der Waals surface area contributed by atoms with Crippen LogP contribution in [-0.4, -0.2) is 11.8 Å². The second-order valence-electron chi connectivity index (χ2n) is 4.64. The second kappa shape index (κ2) is 5.45. The molecule has 19 heavy (non-hydrogen) atoms. The summed E-state index contributed by atoms with van der Waals surface area (Å²) in [4.78, 5) is 5.51. The first-order valence-electron chi connectivity index (χ1n) is 6.34. The van der Waals surface area contributed by atoms with Crippen LogP contribution in [-0.2, 0) is 11.3 Å². The van der Waals surface area contributed by atoms with E-state index in [1.54, 1.807) is 0 Å². The topological polar surface area (TPSA) is 21.6 Å². The minimum atomic E-state index is 0.105. The predicted molar refractivity (Wildman–Crippen MR) is 77.6 cm³/mol. The molecule has 1 heterocycles. The van der Waals surface area contributed by atoms with E-state index in [9.17, 15) is 0 Å². The smallest absolute Gasteiger partial charge is 0.137 e. The van der Waals surface area contributed by atoms with E-state index in [0.29, 0.717) is 0 Å². The summed E-state index contributed by atoms with van der Waals surface area (Å²) < 4.78 is 0. The molecule has 0 bridgehead atoms. The van der Waals surface area contributed by atoms with E-state index in [-0.39, 0.29) is 6.10 Å². The van der Waals surface area contributed by atoms with E-state index >= 15 is 0 Å². The van der Waals surface area contributed by atoms with E-state index in [2.05, 4.69) is 17.3 Å². The maximum atomic E-state index is 6.18. The Morgan fingerprint density at radius 3 is 2.58 bits per heavy atom. The van der Waals surface area contributed by atoms with Crippen LogP contribution in [0.4, 0.5) is 0 Å². The molecule has 2 aromatic carbocycles. The summed E-state index contributed by atoms with van der Waals surface area (Å²) in [5, 5.41) is 4.90. The molecule has 0 spiro atoms. The number of hydrogen-bond donors (Lipinski definition) is 0. The summed E-state index contributed by atoms with van der Waals surface area (Å²) in [5.74, 6) is 0. The number of halogens is 1. The van der Waals surface area contributed by atoms with E-state index in [0.717, 1.165) is 29.1 Å². The highest BCUT2D eigenvalue weighted by Gasteiger charge is 2.23. The van der Waals surface area contributed by atoms with Gasteiger partial charge in [0.2, 0.25) is 0 Å². The monoisotopic (exact) mass is 271 g/mol. The minimum absolute atomic E-state index is 0.105. The number of hydrogen-bond acceptors (Lipinski definition) is 2. The zero-order valence-corrected chi connectivity index (χ0v) is 11.2. The van der Waals surface area contributed by atoms with Gasteiger partial charge in [0, 0.05) is 23.4 Å². The van der Waals surface area contributed by atoms with Crippen LogP contribution >= 0.6 is 11.6 Å². The summed E-state index contributed by atoms with van der Waals surface area (Å²) in [6.45, 7) is 0. The van der Waals surface area contributed by atoms with E-state index in [4.69, 9.17) is 16.4 Å². The van der Waals surface area contributed by atoms with Crippen LogP contribution in [0.1, 0.15) is 17.5 Å². The molecule has 2 aromatic rings. The van der Waals surface area contributed by atoms with Gasteiger partial charge >= 0.3 is 0 Å². The maximum Gasteiger partial charge on any atom is 0.137 e. The summed E-state index contributed by atoms with van der Waals surface area (Å²) >= 11 is 6.18. The Morgan fingerprint density at radius 2 is 1.79 bits per heavy atom. The zero-order chi connectivity index (χ0) is 13.1. The van der Waals surface area contributed by atoms with Gasteiger partial charge in [0.25, 0.3) is 0 Å². The summed E-state index contributed by atoms with van der Waals surface area (Å²) in [6, 6.07) is 18.1. The molecule has 96 valence electrons. The van der Waals surface area contributed by atoms with Crippen molar-refractivity contribution in [2.24, 2.45) is 5.16 Å². The van der Waals surface area contributed by atoms with E-state index < -0.39 is 0 Å². The van der Waals surface area contributed by atoms with Crippen molar-refractivity contribution in [1.82, 2.24) is 0 Å². The molecule has 2 nitrogen and oxygen atoms in total. The second-order valence-corrected chi connectivity index (χ2v) is 5.05. The van der Waals surface area contributed by atoms with Gasteiger partial charge in [-0.25, -0.2) is 0 Å². The van der Waals surface area contributed by atoms with Crippen LogP contribution < -0.4 is 0 Å². The number of nitrogens with zero attached hydrogens (tertiary/aromatic N) is 1. The van der Waals surface area contributed by atoms with Crippen LogP contribution in [0.15, 0.2) is 59.8 Å². The molecule has 0 radical (unpaired) electrons. The maximum absolute atomic E-state index is 6.18. The Bertz CT molecular complexity index is 595. The van der Waals surface area contributed by atoms with Crippen LogP contribution in [0.5, 0.6) is 0 Å². The Kier molecular flexibility index (Phi) is 3.51. The summed E-state index contributed by atoms with van der Waals surface area (Å²) in [6.07, 6.45) is 1.78. The number of benzene rings is 2.